The Morgan fingerprint density at radius 3 is 2.78 bits per heavy atom. The molecule has 1 amide bonds. The first-order valence-electron chi connectivity index (χ1n) is 6.50. The molecule has 1 aliphatic rings. The van der Waals surface area contributed by atoms with Crippen LogP contribution in [0, 0.1) is 5.82 Å². The number of piperidine rings is 1. The normalized spacial score (nSPS) is 16.6. The van der Waals surface area contributed by atoms with Crippen LogP contribution >= 0.6 is 0 Å². The highest BCUT2D eigenvalue weighted by molar-refractivity contribution is 5.94. The van der Waals surface area contributed by atoms with Gasteiger partial charge < -0.3 is 10.6 Å². The van der Waals surface area contributed by atoms with Crippen molar-refractivity contribution >= 4 is 5.91 Å². The van der Waals surface area contributed by atoms with Crippen LogP contribution in [0.3, 0.4) is 0 Å². The maximum atomic E-state index is 14.0. The molecular weight excluding hydrogens is 231 g/mol. The SMILES string of the molecule is CCNC(=O)c1ccc(C2CCNCC2)c(F)c1. The predicted octanol–water partition coefficient (Wildman–Crippen LogP) is 2.04. The number of hydrogen-bond donors (Lipinski definition) is 2. The van der Waals surface area contributed by atoms with Gasteiger partial charge in [0.2, 0.25) is 0 Å². The number of amides is 1. The molecule has 2 rings (SSSR count). The highest BCUT2D eigenvalue weighted by Gasteiger charge is 2.19. The van der Waals surface area contributed by atoms with Crippen molar-refractivity contribution < 1.29 is 9.18 Å². The number of rotatable bonds is 3. The van der Waals surface area contributed by atoms with Crippen LogP contribution in [0.5, 0.6) is 0 Å². The number of halogens is 1. The molecule has 0 unspecified atom stereocenters. The third-order valence-electron chi connectivity index (χ3n) is 3.38. The molecule has 0 aromatic heterocycles. The van der Waals surface area contributed by atoms with Gasteiger partial charge in [-0.2, -0.15) is 0 Å². The average Bonchev–Trinajstić information content (AvgIpc) is 2.40. The first kappa shape index (κ1) is 13.0. The Hall–Kier alpha value is -1.42. The summed E-state index contributed by atoms with van der Waals surface area (Å²) < 4.78 is 14.0. The lowest BCUT2D eigenvalue weighted by Gasteiger charge is -2.23. The van der Waals surface area contributed by atoms with E-state index in [0.717, 1.165) is 31.5 Å². The smallest absolute Gasteiger partial charge is 0.251 e. The lowest BCUT2D eigenvalue weighted by molar-refractivity contribution is 0.0955. The van der Waals surface area contributed by atoms with Gasteiger partial charge in [0, 0.05) is 12.1 Å². The summed E-state index contributed by atoms with van der Waals surface area (Å²) in [6.45, 7) is 4.26. The molecule has 1 fully saturated rings. The Labute approximate surface area is 107 Å². The molecule has 3 nitrogen and oxygen atoms in total. The van der Waals surface area contributed by atoms with Crippen LogP contribution in [0.4, 0.5) is 4.39 Å². The molecule has 1 aromatic carbocycles. The Kier molecular flexibility index (Phi) is 4.31. The van der Waals surface area contributed by atoms with E-state index in [4.69, 9.17) is 0 Å². The average molecular weight is 250 g/mol. The third-order valence-corrected chi connectivity index (χ3v) is 3.38. The Morgan fingerprint density at radius 1 is 1.44 bits per heavy atom. The van der Waals surface area contributed by atoms with E-state index in [-0.39, 0.29) is 17.6 Å². The predicted molar refractivity (Wildman–Crippen MR) is 69.3 cm³/mol. The molecule has 0 saturated carbocycles. The van der Waals surface area contributed by atoms with Crippen molar-refractivity contribution in [2.45, 2.75) is 25.7 Å². The summed E-state index contributed by atoms with van der Waals surface area (Å²) in [6, 6.07) is 4.82. The zero-order valence-corrected chi connectivity index (χ0v) is 10.6. The minimum Gasteiger partial charge on any atom is -0.352 e. The Balaban J connectivity index is 2.16. The van der Waals surface area contributed by atoms with E-state index in [0.29, 0.717) is 12.1 Å². The second kappa shape index (κ2) is 5.96. The summed E-state index contributed by atoms with van der Waals surface area (Å²) in [7, 11) is 0. The monoisotopic (exact) mass is 250 g/mol. The molecule has 18 heavy (non-hydrogen) atoms. The molecule has 1 aliphatic heterocycles. The molecule has 4 heteroatoms. The van der Waals surface area contributed by atoms with Crippen molar-refractivity contribution in [1.82, 2.24) is 10.6 Å². The lowest BCUT2D eigenvalue weighted by atomic mass is 9.89. The quantitative estimate of drug-likeness (QED) is 0.862. The van der Waals surface area contributed by atoms with Gasteiger partial charge in [0.25, 0.3) is 5.91 Å². The molecule has 2 N–H and O–H groups in total. The second-order valence-corrected chi connectivity index (χ2v) is 4.62. The molecular formula is C14H19FN2O. The Bertz CT molecular complexity index is 428. The number of nitrogens with one attached hydrogen (secondary N) is 2. The van der Waals surface area contributed by atoms with Crippen LogP contribution in [0.2, 0.25) is 0 Å². The lowest BCUT2D eigenvalue weighted by Crippen LogP contribution is -2.27. The van der Waals surface area contributed by atoms with Crippen molar-refractivity contribution in [3.8, 4) is 0 Å². The molecule has 98 valence electrons. The number of benzene rings is 1. The molecule has 1 aromatic rings. The number of hydrogen-bond acceptors (Lipinski definition) is 2. The summed E-state index contributed by atoms with van der Waals surface area (Å²) in [5, 5.41) is 5.94. The topological polar surface area (TPSA) is 41.1 Å². The molecule has 0 aliphatic carbocycles. The first-order valence-corrected chi connectivity index (χ1v) is 6.50. The minimum atomic E-state index is -0.259. The summed E-state index contributed by atoms with van der Waals surface area (Å²) >= 11 is 0. The Morgan fingerprint density at radius 2 is 2.17 bits per heavy atom. The zero-order valence-electron chi connectivity index (χ0n) is 10.6. The van der Waals surface area contributed by atoms with Gasteiger partial charge in [-0.25, -0.2) is 4.39 Å². The van der Waals surface area contributed by atoms with E-state index in [1.54, 1.807) is 12.1 Å². The van der Waals surface area contributed by atoms with Gasteiger partial charge in [0.1, 0.15) is 5.82 Å². The molecule has 1 saturated heterocycles. The van der Waals surface area contributed by atoms with E-state index < -0.39 is 0 Å². The van der Waals surface area contributed by atoms with Crippen LogP contribution in [0.25, 0.3) is 0 Å². The van der Waals surface area contributed by atoms with Crippen LogP contribution in [0.15, 0.2) is 18.2 Å². The fourth-order valence-electron chi connectivity index (χ4n) is 2.40. The largest absolute Gasteiger partial charge is 0.352 e. The summed E-state index contributed by atoms with van der Waals surface area (Å²) in [6.07, 6.45) is 1.91. The van der Waals surface area contributed by atoms with Gasteiger partial charge in [0.05, 0.1) is 0 Å². The fraction of sp³-hybridized carbons (Fsp3) is 0.500. The van der Waals surface area contributed by atoms with Crippen molar-refractivity contribution in [3.05, 3.63) is 35.1 Å². The maximum Gasteiger partial charge on any atom is 0.251 e. The van der Waals surface area contributed by atoms with Crippen molar-refractivity contribution in [2.75, 3.05) is 19.6 Å². The molecule has 0 radical (unpaired) electrons. The van der Waals surface area contributed by atoms with Gasteiger partial charge in [-0.15, -0.1) is 0 Å². The van der Waals surface area contributed by atoms with Crippen LogP contribution in [0.1, 0.15) is 41.6 Å². The number of carbonyl (C=O) groups excluding carboxylic acids is 1. The van der Waals surface area contributed by atoms with E-state index in [1.807, 2.05) is 6.92 Å². The van der Waals surface area contributed by atoms with Crippen LogP contribution in [-0.4, -0.2) is 25.5 Å². The summed E-state index contributed by atoms with van der Waals surface area (Å²) in [5.41, 5.74) is 1.14. The van der Waals surface area contributed by atoms with Gasteiger partial charge in [-0.3, -0.25) is 4.79 Å². The molecule has 0 atom stereocenters. The van der Waals surface area contributed by atoms with Gasteiger partial charge >= 0.3 is 0 Å². The minimum absolute atomic E-state index is 0.215. The van der Waals surface area contributed by atoms with E-state index in [9.17, 15) is 9.18 Å². The number of carbonyl (C=O) groups is 1. The van der Waals surface area contributed by atoms with Crippen molar-refractivity contribution in [2.24, 2.45) is 0 Å². The van der Waals surface area contributed by atoms with Crippen molar-refractivity contribution in [3.63, 3.8) is 0 Å². The highest BCUT2D eigenvalue weighted by Crippen LogP contribution is 2.27. The molecule has 0 spiro atoms. The third kappa shape index (κ3) is 2.88. The zero-order chi connectivity index (χ0) is 13.0. The van der Waals surface area contributed by atoms with Crippen LogP contribution < -0.4 is 10.6 Å². The second-order valence-electron chi connectivity index (χ2n) is 4.62. The van der Waals surface area contributed by atoms with Gasteiger partial charge in [0.15, 0.2) is 0 Å². The van der Waals surface area contributed by atoms with Crippen LogP contribution in [-0.2, 0) is 0 Å². The van der Waals surface area contributed by atoms with Gasteiger partial charge in [-0.1, -0.05) is 6.07 Å². The maximum absolute atomic E-state index is 14.0. The fourth-order valence-corrected chi connectivity index (χ4v) is 2.40. The molecule has 1 heterocycles. The highest BCUT2D eigenvalue weighted by atomic mass is 19.1. The first-order chi connectivity index (χ1) is 8.72. The standard InChI is InChI=1S/C14H19FN2O/c1-2-17-14(18)11-3-4-12(13(15)9-11)10-5-7-16-8-6-10/h3-4,9-10,16H,2,5-8H2,1H3,(H,17,18). The van der Waals surface area contributed by atoms with E-state index in [2.05, 4.69) is 10.6 Å². The molecule has 0 bridgehead atoms. The van der Waals surface area contributed by atoms with Crippen molar-refractivity contribution in [1.29, 1.82) is 0 Å². The summed E-state index contributed by atoms with van der Waals surface area (Å²) in [5.74, 6) is -0.201. The van der Waals surface area contributed by atoms with E-state index in [1.165, 1.54) is 6.07 Å². The van der Waals surface area contributed by atoms with E-state index >= 15 is 0 Å². The van der Waals surface area contributed by atoms with Gasteiger partial charge in [-0.05, 0) is 56.5 Å². The summed E-state index contributed by atoms with van der Waals surface area (Å²) in [4.78, 5) is 11.6.